The number of carbonyl (C=O) groups is 1. The maximum Gasteiger partial charge on any atom is 0.241 e. The Kier molecular flexibility index (Phi) is 8.12. The van der Waals surface area contributed by atoms with Crippen LogP contribution >= 0.6 is 11.8 Å². The predicted octanol–water partition coefficient (Wildman–Crippen LogP) is 4.45. The molecule has 8 heteroatoms. The first-order valence-corrected chi connectivity index (χ1v) is 12.4. The van der Waals surface area contributed by atoms with E-state index in [9.17, 15) is 9.18 Å². The summed E-state index contributed by atoms with van der Waals surface area (Å²) in [7, 11) is 0. The highest BCUT2D eigenvalue weighted by atomic mass is 32.2. The number of halogens is 1. The van der Waals surface area contributed by atoms with Crippen molar-refractivity contribution in [3.05, 3.63) is 71.4 Å². The van der Waals surface area contributed by atoms with Gasteiger partial charge in [-0.25, -0.2) is 4.39 Å². The van der Waals surface area contributed by atoms with Gasteiger partial charge in [-0.3, -0.25) is 9.69 Å². The van der Waals surface area contributed by atoms with Gasteiger partial charge in [0.25, 0.3) is 0 Å². The van der Waals surface area contributed by atoms with E-state index >= 15 is 0 Å². The van der Waals surface area contributed by atoms with Crippen molar-refractivity contribution in [2.75, 3.05) is 25.4 Å². The Labute approximate surface area is 197 Å². The van der Waals surface area contributed by atoms with Crippen LogP contribution in [0, 0.1) is 18.7 Å². The first-order chi connectivity index (χ1) is 16.1. The van der Waals surface area contributed by atoms with Crippen LogP contribution in [0.2, 0.25) is 0 Å². The number of piperidine rings is 1. The number of likely N-dealkylation sites (tertiary alicyclic amines) is 1. The lowest BCUT2D eigenvalue weighted by atomic mass is 9.97. The van der Waals surface area contributed by atoms with E-state index in [2.05, 4.69) is 20.4 Å². The maximum absolute atomic E-state index is 13.0. The van der Waals surface area contributed by atoms with Gasteiger partial charge in [0.1, 0.15) is 5.82 Å². The van der Waals surface area contributed by atoms with Crippen LogP contribution < -0.4 is 5.32 Å². The lowest BCUT2D eigenvalue weighted by Gasteiger charge is -2.30. The van der Waals surface area contributed by atoms with E-state index in [-0.39, 0.29) is 17.6 Å². The molecule has 0 saturated carbocycles. The Hall–Kier alpha value is -2.71. The summed E-state index contributed by atoms with van der Waals surface area (Å²) >= 11 is 1.73. The highest BCUT2D eigenvalue weighted by molar-refractivity contribution is 7.98. The molecule has 1 N–H and O–H groups in total. The fraction of sp³-hybridized carbons (Fsp3) is 0.400. The molecule has 0 aliphatic carbocycles. The quantitative estimate of drug-likeness (QED) is 0.468. The number of aromatic nitrogens is 2. The molecule has 33 heavy (non-hydrogen) atoms. The topological polar surface area (TPSA) is 71.3 Å². The van der Waals surface area contributed by atoms with Gasteiger partial charge in [-0.05, 0) is 44.0 Å². The molecule has 0 bridgehead atoms. The summed E-state index contributed by atoms with van der Waals surface area (Å²) in [5, 5.41) is 7.17. The summed E-state index contributed by atoms with van der Waals surface area (Å²) in [4.78, 5) is 19.4. The van der Waals surface area contributed by atoms with E-state index in [0.717, 1.165) is 42.0 Å². The van der Waals surface area contributed by atoms with E-state index in [1.165, 1.54) is 17.7 Å². The highest BCUT2D eigenvalue weighted by Crippen LogP contribution is 2.21. The summed E-state index contributed by atoms with van der Waals surface area (Å²) in [6.45, 7) is 4.83. The normalized spacial score (nSPS) is 16.6. The third kappa shape index (κ3) is 6.88. The Morgan fingerprint density at radius 3 is 2.79 bits per heavy atom. The number of nitrogens with one attached hydrogen (secondary N) is 1. The predicted molar refractivity (Wildman–Crippen MR) is 128 cm³/mol. The van der Waals surface area contributed by atoms with Crippen molar-refractivity contribution in [2.45, 2.75) is 32.1 Å². The number of aryl methyl sites for hydroxylation is 1. The molecule has 1 amide bonds. The van der Waals surface area contributed by atoms with Crippen LogP contribution in [0.3, 0.4) is 0 Å². The summed E-state index contributed by atoms with van der Waals surface area (Å²) in [6.07, 6.45) is 1.86. The van der Waals surface area contributed by atoms with Crippen LogP contribution in [-0.4, -0.2) is 46.3 Å². The van der Waals surface area contributed by atoms with Gasteiger partial charge in [-0.15, -0.1) is 0 Å². The van der Waals surface area contributed by atoms with E-state index in [4.69, 9.17) is 4.52 Å². The van der Waals surface area contributed by atoms with Crippen molar-refractivity contribution < 1.29 is 13.7 Å². The Morgan fingerprint density at radius 2 is 2.00 bits per heavy atom. The van der Waals surface area contributed by atoms with Crippen LogP contribution in [0.4, 0.5) is 4.39 Å². The lowest BCUT2D eigenvalue weighted by Crippen LogP contribution is -2.43. The molecule has 6 nitrogen and oxygen atoms in total. The van der Waals surface area contributed by atoms with Crippen molar-refractivity contribution in [3.8, 4) is 11.4 Å². The molecule has 1 aromatic heterocycles. The smallest absolute Gasteiger partial charge is 0.241 e. The molecule has 1 fully saturated rings. The maximum atomic E-state index is 13.0. The minimum absolute atomic E-state index is 0.0275. The van der Waals surface area contributed by atoms with Crippen LogP contribution in [0.1, 0.15) is 29.9 Å². The van der Waals surface area contributed by atoms with Gasteiger partial charge in [-0.2, -0.15) is 16.7 Å². The van der Waals surface area contributed by atoms with Gasteiger partial charge in [0.15, 0.2) is 0 Å². The molecular formula is C25H29FN4O2S. The second-order valence-electron chi connectivity index (χ2n) is 8.42. The molecular weight excluding hydrogens is 439 g/mol. The highest BCUT2D eigenvalue weighted by Gasteiger charge is 2.26. The molecule has 3 aromatic rings. The zero-order valence-corrected chi connectivity index (χ0v) is 19.6. The van der Waals surface area contributed by atoms with Gasteiger partial charge < -0.3 is 9.84 Å². The molecule has 2 heterocycles. The Morgan fingerprint density at radius 1 is 1.21 bits per heavy atom. The molecule has 0 radical (unpaired) electrons. The van der Waals surface area contributed by atoms with Crippen LogP contribution in [0.5, 0.6) is 0 Å². The van der Waals surface area contributed by atoms with E-state index in [0.29, 0.717) is 31.3 Å². The largest absolute Gasteiger partial charge is 0.355 e. The molecule has 1 aliphatic rings. The van der Waals surface area contributed by atoms with Crippen molar-refractivity contribution in [3.63, 3.8) is 0 Å². The van der Waals surface area contributed by atoms with Crippen LogP contribution in [0.25, 0.3) is 11.4 Å². The fourth-order valence-corrected chi connectivity index (χ4v) is 4.72. The summed E-state index contributed by atoms with van der Waals surface area (Å²) in [6, 6.07) is 14.6. The number of carbonyl (C=O) groups excluding carboxylic acids is 1. The first-order valence-electron chi connectivity index (χ1n) is 11.3. The Balaban J connectivity index is 1.19. The second kappa shape index (κ2) is 11.4. The van der Waals surface area contributed by atoms with Gasteiger partial charge >= 0.3 is 0 Å². The molecule has 1 atom stereocenters. The van der Waals surface area contributed by atoms with E-state index < -0.39 is 0 Å². The van der Waals surface area contributed by atoms with Gasteiger partial charge in [0, 0.05) is 30.2 Å². The summed E-state index contributed by atoms with van der Waals surface area (Å²) < 4.78 is 18.4. The zero-order valence-electron chi connectivity index (χ0n) is 18.8. The SMILES string of the molecule is Cc1ccc(-c2noc(CN3CCCC(C(=O)NCCSCc4ccc(F)cc4)C3)n2)cc1. The van der Waals surface area contributed by atoms with Crippen LogP contribution in [0.15, 0.2) is 53.1 Å². The van der Waals surface area contributed by atoms with Crippen molar-refractivity contribution in [1.82, 2.24) is 20.4 Å². The monoisotopic (exact) mass is 468 g/mol. The van der Waals surface area contributed by atoms with Crippen molar-refractivity contribution >= 4 is 17.7 Å². The number of thioether (sulfide) groups is 1. The number of benzene rings is 2. The second-order valence-corrected chi connectivity index (χ2v) is 9.53. The number of hydrogen-bond donors (Lipinski definition) is 1. The van der Waals surface area contributed by atoms with E-state index in [1.807, 2.05) is 31.2 Å². The third-order valence-corrected chi connectivity index (χ3v) is 6.77. The number of rotatable bonds is 9. The molecule has 174 valence electrons. The molecule has 1 saturated heterocycles. The number of amides is 1. The van der Waals surface area contributed by atoms with Crippen molar-refractivity contribution in [1.29, 1.82) is 0 Å². The molecule has 2 aromatic carbocycles. The number of hydrogen-bond acceptors (Lipinski definition) is 6. The first kappa shape index (κ1) is 23.4. The fourth-order valence-electron chi connectivity index (χ4n) is 3.90. The van der Waals surface area contributed by atoms with Crippen LogP contribution in [-0.2, 0) is 17.1 Å². The third-order valence-electron chi connectivity index (χ3n) is 5.74. The summed E-state index contributed by atoms with van der Waals surface area (Å²) in [5.41, 5.74) is 3.21. The summed E-state index contributed by atoms with van der Waals surface area (Å²) in [5.74, 6) is 2.65. The molecule has 1 aliphatic heterocycles. The molecule has 0 spiro atoms. The molecule has 4 rings (SSSR count). The lowest BCUT2D eigenvalue weighted by molar-refractivity contribution is -0.126. The van der Waals surface area contributed by atoms with Gasteiger partial charge in [0.2, 0.25) is 17.6 Å². The average Bonchev–Trinajstić information content (AvgIpc) is 3.29. The van der Waals surface area contributed by atoms with Crippen molar-refractivity contribution in [2.24, 2.45) is 5.92 Å². The van der Waals surface area contributed by atoms with Gasteiger partial charge in [-0.1, -0.05) is 47.1 Å². The zero-order chi connectivity index (χ0) is 23.0. The molecule has 1 unspecified atom stereocenters. The minimum atomic E-state index is -0.219. The standard InChI is InChI=1S/C25H29FN4O2S/c1-18-4-8-20(9-5-18)24-28-23(32-29-24)16-30-13-2-3-21(15-30)25(31)27-12-14-33-17-19-6-10-22(26)11-7-19/h4-11,21H,2-3,12-17H2,1H3,(H,27,31). The van der Waals surface area contributed by atoms with Gasteiger partial charge in [0.05, 0.1) is 12.5 Å². The average molecular weight is 469 g/mol. The minimum Gasteiger partial charge on any atom is -0.355 e. The Bertz CT molecular complexity index is 1040. The van der Waals surface area contributed by atoms with E-state index in [1.54, 1.807) is 23.9 Å². The number of nitrogens with zero attached hydrogens (tertiary/aromatic N) is 3.